The minimum absolute atomic E-state index is 0.0896. The number of hydrogen-bond donors (Lipinski definition) is 2. The van der Waals surface area contributed by atoms with Crippen LogP contribution in [0.3, 0.4) is 0 Å². The fourth-order valence-electron chi connectivity index (χ4n) is 2.17. The van der Waals surface area contributed by atoms with Gasteiger partial charge in [0.25, 0.3) is 5.91 Å². The summed E-state index contributed by atoms with van der Waals surface area (Å²) in [5.74, 6) is -0.251. The Morgan fingerprint density at radius 3 is 2.68 bits per heavy atom. The Labute approximate surface area is 111 Å². The third kappa shape index (κ3) is 3.24. The molecule has 0 bridgehead atoms. The van der Waals surface area contributed by atoms with E-state index in [9.17, 15) is 9.59 Å². The largest absolute Gasteiger partial charge is 0.396 e. The first-order chi connectivity index (χ1) is 9.08. The highest BCUT2D eigenvalue weighted by Crippen LogP contribution is 2.09. The van der Waals surface area contributed by atoms with E-state index in [0.717, 1.165) is 25.9 Å². The lowest BCUT2D eigenvalue weighted by molar-refractivity contribution is -0.129. The number of nitrogens with one attached hydrogen (secondary N) is 1. The fourth-order valence-corrected chi connectivity index (χ4v) is 2.17. The Bertz CT molecular complexity index is 476. The van der Waals surface area contributed by atoms with Crippen LogP contribution in [0, 0.1) is 0 Å². The molecule has 19 heavy (non-hydrogen) atoms. The van der Waals surface area contributed by atoms with Crippen LogP contribution in [0.5, 0.6) is 0 Å². The lowest BCUT2D eigenvalue weighted by Crippen LogP contribution is -2.33. The van der Waals surface area contributed by atoms with Gasteiger partial charge in [0.1, 0.15) is 0 Å². The first kappa shape index (κ1) is 13.4. The van der Waals surface area contributed by atoms with Crippen LogP contribution < -0.4 is 11.1 Å². The smallest absolute Gasteiger partial charge is 0.273 e. The molecule has 2 heterocycles. The highest BCUT2D eigenvalue weighted by Gasteiger charge is 2.18. The zero-order valence-corrected chi connectivity index (χ0v) is 11.1. The summed E-state index contributed by atoms with van der Waals surface area (Å²) in [4.78, 5) is 25.4. The van der Waals surface area contributed by atoms with Crippen molar-refractivity contribution in [3.05, 3.63) is 11.9 Å². The second-order valence-electron chi connectivity index (χ2n) is 4.70. The standard InChI is InChI=1S/C12H19N5O2/c1-16-8-9(13)11(15-16)12(19)14-5-4-10(18)17-6-2-3-7-17/h8H,2-7,13H2,1H3,(H,14,19). The normalized spacial score (nSPS) is 14.7. The third-order valence-corrected chi connectivity index (χ3v) is 3.16. The summed E-state index contributed by atoms with van der Waals surface area (Å²) in [7, 11) is 1.70. The molecule has 1 saturated heterocycles. The Morgan fingerprint density at radius 1 is 1.42 bits per heavy atom. The van der Waals surface area contributed by atoms with Gasteiger partial charge in [-0.3, -0.25) is 14.3 Å². The predicted molar refractivity (Wildman–Crippen MR) is 70.4 cm³/mol. The minimum Gasteiger partial charge on any atom is -0.396 e. The Morgan fingerprint density at radius 2 is 2.11 bits per heavy atom. The second-order valence-corrected chi connectivity index (χ2v) is 4.70. The van der Waals surface area contributed by atoms with E-state index in [-0.39, 0.29) is 17.5 Å². The van der Waals surface area contributed by atoms with Gasteiger partial charge in [0.2, 0.25) is 5.91 Å². The average molecular weight is 265 g/mol. The number of nitrogens with zero attached hydrogens (tertiary/aromatic N) is 3. The van der Waals surface area contributed by atoms with Crippen molar-refractivity contribution in [3.63, 3.8) is 0 Å². The highest BCUT2D eigenvalue weighted by atomic mass is 16.2. The van der Waals surface area contributed by atoms with Crippen molar-refractivity contribution in [3.8, 4) is 0 Å². The molecule has 3 N–H and O–H groups in total. The summed E-state index contributed by atoms with van der Waals surface area (Å²) in [6, 6.07) is 0. The van der Waals surface area contributed by atoms with Crippen LogP contribution in [0.2, 0.25) is 0 Å². The zero-order valence-electron chi connectivity index (χ0n) is 11.1. The molecule has 1 aliphatic heterocycles. The first-order valence-corrected chi connectivity index (χ1v) is 6.43. The molecule has 0 spiro atoms. The summed E-state index contributed by atoms with van der Waals surface area (Å²) >= 11 is 0. The van der Waals surface area contributed by atoms with Crippen molar-refractivity contribution in [1.82, 2.24) is 20.0 Å². The van der Waals surface area contributed by atoms with E-state index >= 15 is 0 Å². The molecule has 2 amide bonds. The van der Waals surface area contributed by atoms with Crippen LogP contribution in [-0.2, 0) is 11.8 Å². The number of aryl methyl sites for hydroxylation is 1. The van der Waals surface area contributed by atoms with E-state index in [2.05, 4.69) is 10.4 Å². The number of likely N-dealkylation sites (tertiary alicyclic amines) is 1. The number of amides is 2. The Balaban J connectivity index is 1.77. The van der Waals surface area contributed by atoms with Gasteiger partial charge in [-0.05, 0) is 12.8 Å². The molecule has 1 aliphatic rings. The molecular weight excluding hydrogens is 246 g/mol. The van der Waals surface area contributed by atoms with Gasteiger partial charge in [-0.25, -0.2) is 0 Å². The molecule has 1 aromatic rings. The minimum atomic E-state index is -0.340. The van der Waals surface area contributed by atoms with Gasteiger partial charge in [-0.15, -0.1) is 0 Å². The summed E-state index contributed by atoms with van der Waals surface area (Å²) in [6.45, 7) is 1.98. The molecule has 0 aromatic carbocycles. The highest BCUT2D eigenvalue weighted by molar-refractivity contribution is 5.97. The van der Waals surface area contributed by atoms with Gasteiger partial charge in [0, 0.05) is 39.3 Å². The van der Waals surface area contributed by atoms with Crippen LogP contribution in [0.25, 0.3) is 0 Å². The molecule has 7 nitrogen and oxygen atoms in total. The summed E-state index contributed by atoms with van der Waals surface area (Å²) in [5.41, 5.74) is 6.20. The monoisotopic (exact) mass is 265 g/mol. The van der Waals surface area contributed by atoms with E-state index in [1.807, 2.05) is 4.90 Å². The van der Waals surface area contributed by atoms with Crippen molar-refractivity contribution in [2.24, 2.45) is 7.05 Å². The molecule has 0 unspecified atom stereocenters. The van der Waals surface area contributed by atoms with E-state index in [4.69, 9.17) is 5.73 Å². The maximum atomic E-state index is 11.8. The van der Waals surface area contributed by atoms with E-state index in [1.54, 1.807) is 13.2 Å². The number of nitrogens with two attached hydrogens (primary N) is 1. The SMILES string of the molecule is Cn1cc(N)c(C(=O)NCCC(=O)N2CCCC2)n1. The van der Waals surface area contributed by atoms with Crippen LogP contribution in [-0.4, -0.2) is 46.1 Å². The summed E-state index contributed by atoms with van der Waals surface area (Å²) in [5, 5.41) is 6.63. The van der Waals surface area contributed by atoms with Crippen molar-refractivity contribution in [2.75, 3.05) is 25.4 Å². The van der Waals surface area contributed by atoms with Gasteiger partial charge in [0.05, 0.1) is 5.69 Å². The number of hydrogen-bond acceptors (Lipinski definition) is 4. The average Bonchev–Trinajstić information content (AvgIpc) is 2.98. The van der Waals surface area contributed by atoms with Gasteiger partial charge in [0.15, 0.2) is 5.69 Å². The van der Waals surface area contributed by atoms with Gasteiger partial charge >= 0.3 is 0 Å². The number of carbonyl (C=O) groups excluding carboxylic acids is 2. The first-order valence-electron chi connectivity index (χ1n) is 6.43. The molecule has 0 aliphatic carbocycles. The molecule has 2 rings (SSSR count). The molecule has 0 radical (unpaired) electrons. The van der Waals surface area contributed by atoms with Crippen LogP contribution in [0.15, 0.2) is 6.20 Å². The molecule has 0 atom stereocenters. The third-order valence-electron chi connectivity index (χ3n) is 3.16. The fraction of sp³-hybridized carbons (Fsp3) is 0.583. The lowest BCUT2D eigenvalue weighted by atomic mass is 10.3. The van der Waals surface area contributed by atoms with Gasteiger partial charge < -0.3 is 16.0 Å². The summed E-state index contributed by atoms with van der Waals surface area (Å²) < 4.78 is 1.49. The van der Waals surface area contributed by atoms with Crippen molar-refractivity contribution < 1.29 is 9.59 Å². The second kappa shape index (κ2) is 5.73. The van der Waals surface area contributed by atoms with Crippen LogP contribution >= 0.6 is 0 Å². The Hall–Kier alpha value is -2.05. The number of aromatic nitrogens is 2. The van der Waals surface area contributed by atoms with Crippen molar-refractivity contribution >= 4 is 17.5 Å². The van der Waals surface area contributed by atoms with Crippen LogP contribution in [0.4, 0.5) is 5.69 Å². The number of carbonyl (C=O) groups is 2. The quantitative estimate of drug-likeness (QED) is 0.784. The maximum Gasteiger partial charge on any atom is 0.273 e. The Kier molecular flexibility index (Phi) is 4.03. The van der Waals surface area contributed by atoms with Crippen LogP contribution in [0.1, 0.15) is 29.8 Å². The number of rotatable bonds is 4. The lowest BCUT2D eigenvalue weighted by Gasteiger charge is -2.14. The maximum absolute atomic E-state index is 11.8. The van der Waals surface area contributed by atoms with Crippen molar-refractivity contribution in [1.29, 1.82) is 0 Å². The molecule has 0 saturated carbocycles. The van der Waals surface area contributed by atoms with Gasteiger partial charge in [-0.1, -0.05) is 0 Å². The topological polar surface area (TPSA) is 93.2 Å². The van der Waals surface area contributed by atoms with E-state index in [0.29, 0.717) is 18.7 Å². The van der Waals surface area contributed by atoms with Crippen molar-refractivity contribution in [2.45, 2.75) is 19.3 Å². The summed E-state index contributed by atoms with van der Waals surface area (Å²) in [6.07, 6.45) is 4.04. The molecular formula is C12H19N5O2. The van der Waals surface area contributed by atoms with E-state index < -0.39 is 0 Å². The zero-order chi connectivity index (χ0) is 13.8. The number of anilines is 1. The molecule has 1 fully saturated rings. The van der Waals surface area contributed by atoms with Gasteiger partial charge in [-0.2, -0.15) is 5.10 Å². The number of nitrogen functional groups attached to an aromatic ring is 1. The molecule has 1 aromatic heterocycles. The molecule has 104 valence electrons. The molecule has 7 heteroatoms. The predicted octanol–water partition coefficient (Wildman–Crippen LogP) is -0.255. The van der Waals surface area contributed by atoms with E-state index in [1.165, 1.54) is 4.68 Å².